The Morgan fingerprint density at radius 1 is 1.29 bits per heavy atom. The van der Waals surface area contributed by atoms with E-state index in [1.54, 1.807) is 6.07 Å². The highest BCUT2D eigenvalue weighted by atomic mass is 16.3. The van der Waals surface area contributed by atoms with E-state index in [2.05, 4.69) is 19.2 Å². The maximum atomic E-state index is 9.66. The Kier molecular flexibility index (Phi) is 3.29. The molecule has 0 heterocycles. The first-order valence-corrected chi connectivity index (χ1v) is 6.26. The summed E-state index contributed by atoms with van der Waals surface area (Å²) in [6.45, 7) is 6.12. The first kappa shape index (κ1) is 12.2. The number of hydrogen-bond donors (Lipinski definition) is 3. The van der Waals surface area contributed by atoms with Gasteiger partial charge in [-0.05, 0) is 30.2 Å². The number of benzene rings is 1. The third kappa shape index (κ3) is 2.55. The number of aromatic hydroxyl groups is 2. The lowest BCUT2D eigenvalue weighted by Crippen LogP contribution is -2.27. The first-order valence-electron chi connectivity index (χ1n) is 6.26. The van der Waals surface area contributed by atoms with Crippen molar-refractivity contribution in [2.75, 3.05) is 6.54 Å². The average molecular weight is 235 g/mol. The molecule has 3 nitrogen and oxygen atoms in total. The van der Waals surface area contributed by atoms with Crippen LogP contribution in [0.4, 0.5) is 0 Å². The van der Waals surface area contributed by atoms with E-state index in [0.717, 1.165) is 12.1 Å². The summed E-state index contributed by atoms with van der Waals surface area (Å²) >= 11 is 0. The molecule has 1 aromatic rings. The second-order valence-corrected chi connectivity index (χ2v) is 5.41. The summed E-state index contributed by atoms with van der Waals surface area (Å²) in [5.74, 6) is 0.650. The number of hydrogen-bond acceptors (Lipinski definition) is 3. The molecule has 1 aliphatic carbocycles. The highest BCUT2D eigenvalue weighted by Crippen LogP contribution is 2.51. The molecule has 1 fully saturated rings. The van der Waals surface area contributed by atoms with Gasteiger partial charge < -0.3 is 15.5 Å². The fraction of sp³-hybridized carbons (Fsp3) is 0.571. The van der Waals surface area contributed by atoms with Crippen molar-refractivity contribution in [1.29, 1.82) is 0 Å². The minimum absolute atomic E-state index is 0.00519. The molecule has 0 saturated heterocycles. The standard InChI is InChI=1S/C14H21NO2/c1-10(2)14(6-7-14)9-15-8-11-4-3-5-12(16)13(11)17/h3-5,10,15-17H,6-9H2,1-2H3. The summed E-state index contributed by atoms with van der Waals surface area (Å²) < 4.78 is 0. The average Bonchev–Trinajstić information content (AvgIpc) is 3.05. The summed E-state index contributed by atoms with van der Waals surface area (Å²) in [5.41, 5.74) is 1.22. The van der Waals surface area contributed by atoms with E-state index in [1.807, 2.05) is 6.07 Å². The van der Waals surface area contributed by atoms with Gasteiger partial charge in [-0.3, -0.25) is 0 Å². The largest absolute Gasteiger partial charge is 0.504 e. The summed E-state index contributed by atoms with van der Waals surface area (Å²) in [4.78, 5) is 0. The van der Waals surface area contributed by atoms with Gasteiger partial charge in [0.25, 0.3) is 0 Å². The third-order valence-corrected chi connectivity index (χ3v) is 4.01. The van der Waals surface area contributed by atoms with Crippen LogP contribution in [0, 0.1) is 11.3 Å². The van der Waals surface area contributed by atoms with E-state index < -0.39 is 0 Å². The lowest BCUT2D eigenvalue weighted by molar-refractivity contribution is 0.335. The monoisotopic (exact) mass is 235 g/mol. The molecule has 94 valence electrons. The molecule has 0 aliphatic heterocycles. The van der Waals surface area contributed by atoms with Crippen molar-refractivity contribution < 1.29 is 10.2 Å². The van der Waals surface area contributed by atoms with Crippen LogP contribution in [0.1, 0.15) is 32.3 Å². The second-order valence-electron chi connectivity index (χ2n) is 5.41. The van der Waals surface area contributed by atoms with Crippen LogP contribution >= 0.6 is 0 Å². The quantitative estimate of drug-likeness (QED) is 0.688. The van der Waals surface area contributed by atoms with Gasteiger partial charge in [-0.15, -0.1) is 0 Å². The minimum Gasteiger partial charge on any atom is -0.504 e. The van der Waals surface area contributed by atoms with Crippen LogP contribution in [0.25, 0.3) is 0 Å². The van der Waals surface area contributed by atoms with E-state index >= 15 is 0 Å². The van der Waals surface area contributed by atoms with Crippen LogP contribution in [0.5, 0.6) is 11.5 Å². The van der Waals surface area contributed by atoms with E-state index in [4.69, 9.17) is 0 Å². The highest BCUT2D eigenvalue weighted by Gasteiger charge is 2.44. The van der Waals surface area contributed by atoms with Crippen LogP contribution in [-0.2, 0) is 6.54 Å². The Hall–Kier alpha value is -1.22. The van der Waals surface area contributed by atoms with Gasteiger partial charge >= 0.3 is 0 Å². The van der Waals surface area contributed by atoms with Crippen molar-refractivity contribution in [2.24, 2.45) is 11.3 Å². The van der Waals surface area contributed by atoms with E-state index in [1.165, 1.54) is 18.9 Å². The van der Waals surface area contributed by atoms with Crippen molar-refractivity contribution in [2.45, 2.75) is 33.2 Å². The molecule has 17 heavy (non-hydrogen) atoms. The Labute approximate surface area is 102 Å². The van der Waals surface area contributed by atoms with Gasteiger partial charge in [0.1, 0.15) is 0 Å². The molecule has 1 saturated carbocycles. The molecule has 3 heteroatoms. The third-order valence-electron chi connectivity index (χ3n) is 4.01. The first-order chi connectivity index (χ1) is 8.05. The SMILES string of the molecule is CC(C)C1(CNCc2cccc(O)c2O)CC1. The van der Waals surface area contributed by atoms with E-state index in [0.29, 0.717) is 17.9 Å². The second kappa shape index (κ2) is 4.57. The van der Waals surface area contributed by atoms with Crippen LogP contribution < -0.4 is 5.32 Å². The molecular formula is C14H21NO2. The Morgan fingerprint density at radius 3 is 2.59 bits per heavy atom. The van der Waals surface area contributed by atoms with Crippen LogP contribution in [0.2, 0.25) is 0 Å². The topological polar surface area (TPSA) is 52.5 Å². The molecule has 0 unspecified atom stereocenters. The zero-order valence-corrected chi connectivity index (χ0v) is 10.5. The van der Waals surface area contributed by atoms with Gasteiger partial charge in [0, 0.05) is 18.7 Å². The molecule has 0 atom stereocenters. The van der Waals surface area contributed by atoms with Gasteiger partial charge in [-0.2, -0.15) is 0 Å². The number of phenolic OH excluding ortho intramolecular Hbond substituents is 2. The van der Waals surface area contributed by atoms with Gasteiger partial charge in [0.05, 0.1) is 0 Å². The number of phenols is 2. The molecule has 0 bridgehead atoms. The van der Waals surface area contributed by atoms with Gasteiger partial charge in [0.15, 0.2) is 11.5 Å². The number of para-hydroxylation sites is 1. The predicted octanol–water partition coefficient (Wildman–Crippen LogP) is 2.62. The lowest BCUT2D eigenvalue weighted by Gasteiger charge is -2.20. The molecule has 0 aromatic heterocycles. The molecular weight excluding hydrogens is 214 g/mol. The Bertz CT molecular complexity index is 397. The summed E-state index contributed by atoms with van der Waals surface area (Å²) in [7, 11) is 0. The number of rotatable bonds is 5. The van der Waals surface area contributed by atoms with E-state index in [9.17, 15) is 10.2 Å². The zero-order chi connectivity index (χ0) is 12.5. The smallest absolute Gasteiger partial charge is 0.161 e. The van der Waals surface area contributed by atoms with Crippen LogP contribution in [0.3, 0.4) is 0 Å². The van der Waals surface area contributed by atoms with Crippen molar-refractivity contribution in [1.82, 2.24) is 5.32 Å². The van der Waals surface area contributed by atoms with Crippen LogP contribution in [0.15, 0.2) is 18.2 Å². The molecule has 1 aromatic carbocycles. The molecule has 0 radical (unpaired) electrons. The number of nitrogens with one attached hydrogen (secondary N) is 1. The van der Waals surface area contributed by atoms with Crippen molar-refractivity contribution >= 4 is 0 Å². The maximum Gasteiger partial charge on any atom is 0.161 e. The van der Waals surface area contributed by atoms with E-state index in [-0.39, 0.29) is 11.5 Å². The Morgan fingerprint density at radius 2 is 2.00 bits per heavy atom. The fourth-order valence-corrected chi connectivity index (χ4v) is 2.29. The summed E-state index contributed by atoms with van der Waals surface area (Å²) in [6, 6.07) is 5.08. The van der Waals surface area contributed by atoms with Crippen LogP contribution in [-0.4, -0.2) is 16.8 Å². The Balaban J connectivity index is 1.89. The molecule has 2 rings (SSSR count). The van der Waals surface area contributed by atoms with Crippen molar-refractivity contribution in [3.05, 3.63) is 23.8 Å². The maximum absolute atomic E-state index is 9.66. The molecule has 0 spiro atoms. The molecule has 3 N–H and O–H groups in total. The van der Waals surface area contributed by atoms with Crippen molar-refractivity contribution in [3.8, 4) is 11.5 Å². The highest BCUT2D eigenvalue weighted by molar-refractivity contribution is 5.44. The summed E-state index contributed by atoms with van der Waals surface area (Å²) in [5, 5.41) is 22.4. The fourth-order valence-electron chi connectivity index (χ4n) is 2.29. The normalized spacial score (nSPS) is 17.4. The van der Waals surface area contributed by atoms with Crippen molar-refractivity contribution in [3.63, 3.8) is 0 Å². The van der Waals surface area contributed by atoms with Gasteiger partial charge in [-0.1, -0.05) is 26.0 Å². The lowest BCUT2D eigenvalue weighted by atomic mass is 9.92. The zero-order valence-electron chi connectivity index (χ0n) is 10.5. The predicted molar refractivity (Wildman–Crippen MR) is 68.0 cm³/mol. The van der Waals surface area contributed by atoms with Gasteiger partial charge in [0.2, 0.25) is 0 Å². The van der Waals surface area contributed by atoms with Gasteiger partial charge in [-0.25, -0.2) is 0 Å². The summed E-state index contributed by atoms with van der Waals surface area (Å²) in [6.07, 6.45) is 2.59. The molecule has 0 amide bonds. The molecule has 1 aliphatic rings. The minimum atomic E-state index is -0.0469.